The Hall–Kier alpha value is -3.48. The van der Waals surface area contributed by atoms with Crippen molar-refractivity contribution in [3.63, 3.8) is 0 Å². The molecule has 0 radical (unpaired) electrons. The molecule has 2 aromatic heterocycles. The van der Waals surface area contributed by atoms with Crippen molar-refractivity contribution in [1.29, 1.82) is 0 Å². The van der Waals surface area contributed by atoms with E-state index >= 15 is 0 Å². The van der Waals surface area contributed by atoms with Gasteiger partial charge in [0.1, 0.15) is 5.41 Å². The highest BCUT2D eigenvalue weighted by molar-refractivity contribution is 6.07. The van der Waals surface area contributed by atoms with E-state index in [-0.39, 0.29) is 17.9 Å². The molecule has 2 aliphatic rings. The zero-order valence-electron chi connectivity index (χ0n) is 16.8. The fourth-order valence-corrected chi connectivity index (χ4v) is 4.94. The lowest BCUT2D eigenvalue weighted by Crippen LogP contribution is -2.42. The molecule has 2 atom stereocenters. The smallest absolute Gasteiger partial charge is 0.237 e. The third-order valence-electron chi connectivity index (χ3n) is 6.32. The van der Waals surface area contributed by atoms with Crippen LogP contribution in [0.1, 0.15) is 35.6 Å². The highest BCUT2D eigenvalue weighted by atomic mass is 16.2. The average Bonchev–Trinajstić information content (AvgIpc) is 3.44. The molecule has 1 spiro atoms. The average molecular weight is 401 g/mol. The van der Waals surface area contributed by atoms with Gasteiger partial charge in [0.2, 0.25) is 11.8 Å². The van der Waals surface area contributed by atoms with Crippen molar-refractivity contribution >= 4 is 17.5 Å². The number of aromatic nitrogens is 3. The molecule has 1 fully saturated rings. The Kier molecular flexibility index (Phi) is 4.38. The minimum Gasteiger partial charge on any atom is -0.334 e. The van der Waals surface area contributed by atoms with Crippen LogP contribution >= 0.6 is 0 Å². The third-order valence-corrected chi connectivity index (χ3v) is 6.32. The van der Waals surface area contributed by atoms with Crippen molar-refractivity contribution in [1.82, 2.24) is 19.7 Å². The van der Waals surface area contributed by atoms with Crippen LogP contribution in [0, 0.1) is 0 Å². The Morgan fingerprint density at radius 1 is 1.23 bits per heavy atom. The Labute approximate surface area is 174 Å². The SMILES string of the molecule is Cn1cc([C@@H]2N(C(=O)CCc3ccncc3)CC[C@]23C(=O)Nc2ccccc23)cn1. The van der Waals surface area contributed by atoms with Crippen LogP contribution in [0.15, 0.2) is 61.2 Å². The quantitative estimate of drug-likeness (QED) is 0.729. The summed E-state index contributed by atoms with van der Waals surface area (Å²) in [4.78, 5) is 32.5. The maximum absolute atomic E-state index is 13.3. The molecule has 3 aromatic rings. The highest BCUT2D eigenvalue weighted by Gasteiger charge is 2.59. The van der Waals surface area contributed by atoms with Crippen LogP contribution in [0.3, 0.4) is 0 Å². The molecule has 2 amide bonds. The summed E-state index contributed by atoms with van der Waals surface area (Å²) in [5.41, 5.74) is 2.98. The molecule has 0 bridgehead atoms. The molecule has 152 valence electrons. The van der Waals surface area contributed by atoms with Crippen molar-refractivity contribution in [3.8, 4) is 0 Å². The minimum atomic E-state index is -0.786. The zero-order valence-corrected chi connectivity index (χ0v) is 16.8. The highest BCUT2D eigenvalue weighted by Crippen LogP contribution is 2.54. The minimum absolute atomic E-state index is 0.0398. The Morgan fingerprint density at radius 3 is 2.80 bits per heavy atom. The first-order valence-corrected chi connectivity index (χ1v) is 10.2. The summed E-state index contributed by atoms with van der Waals surface area (Å²) in [6, 6.07) is 11.3. The second kappa shape index (κ2) is 7.09. The van der Waals surface area contributed by atoms with Gasteiger partial charge in [-0.3, -0.25) is 19.3 Å². The molecule has 30 heavy (non-hydrogen) atoms. The number of aryl methyl sites for hydroxylation is 2. The first-order valence-electron chi connectivity index (χ1n) is 10.2. The van der Waals surface area contributed by atoms with E-state index in [2.05, 4.69) is 15.4 Å². The largest absolute Gasteiger partial charge is 0.334 e. The van der Waals surface area contributed by atoms with E-state index in [0.29, 0.717) is 25.8 Å². The summed E-state index contributed by atoms with van der Waals surface area (Å²) < 4.78 is 1.72. The van der Waals surface area contributed by atoms with Crippen LogP contribution in [0.4, 0.5) is 5.69 Å². The predicted molar refractivity (Wildman–Crippen MR) is 112 cm³/mol. The van der Waals surface area contributed by atoms with Gasteiger partial charge < -0.3 is 10.2 Å². The number of hydrogen-bond acceptors (Lipinski definition) is 4. The van der Waals surface area contributed by atoms with Crippen LogP contribution in [-0.4, -0.2) is 38.0 Å². The molecular formula is C23H23N5O2. The van der Waals surface area contributed by atoms with Gasteiger partial charge in [0.25, 0.3) is 0 Å². The number of benzene rings is 1. The normalized spacial score (nSPS) is 22.4. The third kappa shape index (κ3) is 2.81. The van der Waals surface area contributed by atoms with Crippen LogP contribution in [0.25, 0.3) is 0 Å². The van der Waals surface area contributed by atoms with E-state index in [9.17, 15) is 9.59 Å². The predicted octanol–water partition coefficient (Wildman–Crippen LogP) is 2.61. The van der Waals surface area contributed by atoms with E-state index in [4.69, 9.17) is 0 Å². The second-order valence-corrected chi connectivity index (χ2v) is 8.01. The van der Waals surface area contributed by atoms with Crippen LogP contribution < -0.4 is 5.32 Å². The fraction of sp³-hybridized carbons (Fsp3) is 0.304. The van der Waals surface area contributed by atoms with Gasteiger partial charge >= 0.3 is 0 Å². The first-order chi connectivity index (χ1) is 14.6. The molecule has 1 N–H and O–H groups in total. The Bertz CT molecular complexity index is 1110. The van der Waals surface area contributed by atoms with E-state index in [1.54, 1.807) is 23.3 Å². The number of carbonyl (C=O) groups is 2. The number of likely N-dealkylation sites (tertiary alicyclic amines) is 1. The molecule has 7 nitrogen and oxygen atoms in total. The Balaban J connectivity index is 1.51. The molecule has 0 unspecified atom stereocenters. The van der Waals surface area contributed by atoms with E-state index < -0.39 is 5.41 Å². The second-order valence-electron chi connectivity index (χ2n) is 8.01. The van der Waals surface area contributed by atoms with Crippen molar-refractivity contribution in [2.45, 2.75) is 30.7 Å². The maximum Gasteiger partial charge on any atom is 0.237 e. The van der Waals surface area contributed by atoms with E-state index in [0.717, 1.165) is 22.4 Å². The van der Waals surface area contributed by atoms with Gasteiger partial charge in [-0.05, 0) is 42.2 Å². The number of para-hydroxylation sites is 1. The molecule has 0 aliphatic carbocycles. The number of nitrogens with one attached hydrogen (secondary N) is 1. The summed E-state index contributed by atoms with van der Waals surface area (Å²) in [6.45, 7) is 0.538. The molecule has 7 heteroatoms. The van der Waals surface area contributed by atoms with Crippen LogP contribution in [-0.2, 0) is 28.5 Å². The van der Waals surface area contributed by atoms with Gasteiger partial charge in [-0.2, -0.15) is 5.10 Å². The van der Waals surface area contributed by atoms with Gasteiger partial charge in [-0.25, -0.2) is 0 Å². The van der Waals surface area contributed by atoms with Crippen molar-refractivity contribution in [3.05, 3.63) is 77.9 Å². The summed E-state index contributed by atoms with van der Waals surface area (Å²) in [7, 11) is 1.85. The number of carbonyl (C=O) groups excluding carboxylic acids is 2. The lowest BCUT2D eigenvalue weighted by atomic mass is 9.73. The molecule has 4 heterocycles. The van der Waals surface area contributed by atoms with E-state index in [1.165, 1.54) is 0 Å². The monoisotopic (exact) mass is 401 g/mol. The topological polar surface area (TPSA) is 80.1 Å². The van der Waals surface area contributed by atoms with Crippen LogP contribution in [0.5, 0.6) is 0 Å². The number of rotatable bonds is 4. The van der Waals surface area contributed by atoms with Gasteiger partial charge in [-0.15, -0.1) is 0 Å². The van der Waals surface area contributed by atoms with Crippen molar-refractivity contribution < 1.29 is 9.59 Å². The van der Waals surface area contributed by atoms with Gasteiger partial charge in [0.05, 0.1) is 12.2 Å². The van der Waals surface area contributed by atoms with Gasteiger partial charge in [0.15, 0.2) is 0 Å². The van der Waals surface area contributed by atoms with Gasteiger partial charge in [0, 0.05) is 49.9 Å². The van der Waals surface area contributed by atoms with Crippen molar-refractivity contribution in [2.75, 3.05) is 11.9 Å². The number of amides is 2. The molecule has 0 saturated carbocycles. The van der Waals surface area contributed by atoms with Crippen LogP contribution in [0.2, 0.25) is 0 Å². The lowest BCUT2D eigenvalue weighted by molar-refractivity contribution is -0.133. The number of pyridine rings is 1. The lowest BCUT2D eigenvalue weighted by Gasteiger charge is -2.33. The van der Waals surface area contributed by atoms with Crippen molar-refractivity contribution in [2.24, 2.45) is 7.05 Å². The first kappa shape index (κ1) is 18.5. The number of anilines is 1. The maximum atomic E-state index is 13.3. The number of fused-ring (bicyclic) bond motifs is 2. The number of hydrogen-bond donors (Lipinski definition) is 1. The summed E-state index contributed by atoms with van der Waals surface area (Å²) in [5, 5.41) is 7.37. The molecule has 1 aromatic carbocycles. The summed E-state index contributed by atoms with van der Waals surface area (Å²) in [5.74, 6) is 0.0108. The fourth-order valence-electron chi connectivity index (χ4n) is 4.94. The number of nitrogens with zero attached hydrogens (tertiary/aromatic N) is 4. The standard InChI is InChI=1S/C23H23N5O2/c1-27-15-17(14-25-27)21-23(18-4-2-3-5-19(18)26-22(23)30)10-13-28(21)20(29)7-6-16-8-11-24-12-9-16/h2-5,8-9,11-12,14-15,21H,6-7,10,13H2,1H3,(H,26,30)/t21-,23+/m0/s1. The molecule has 2 aliphatic heterocycles. The molecular weight excluding hydrogens is 378 g/mol. The summed E-state index contributed by atoms with van der Waals surface area (Å²) >= 11 is 0. The van der Waals surface area contributed by atoms with Gasteiger partial charge in [-0.1, -0.05) is 18.2 Å². The zero-order chi connectivity index (χ0) is 20.7. The summed E-state index contributed by atoms with van der Waals surface area (Å²) in [6.07, 6.45) is 8.79. The molecule has 1 saturated heterocycles. The van der Waals surface area contributed by atoms with E-state index in [1.807, 2.05) is 54.5 Å². The molecule has 5 rings (SSSR count). The Morgan fingerprint density at radius 2 is 2.03 bits per heavy atom.